The van der Waals surface area contributed by atoms with E-state index in [9.17, 15) is 9.59 Å². The predicted octanol–water partition coefficient (Wildman–Crippen LogP) is 3.07. The molecule has 5 heteroatoms. The standard InChI is InChI=1S/C17H18O5/c1-10(2)9-21-12-4-5-13-11(3)14(6-7-16(18)19)17(20)22-15(13)8-12/h4-5,8H,1,6-7,9H2,2-3H3,(H,18,19). The molecule has 1 heterocycles. The Hall–Kier alpha value is -2.56. The Bertz CT molecular complexity index is 785. The van der Waals surface area contributed by atoms with Crippen LogP contribution in [0.3, 0.4) is 0 Å². The Balaban J connectivity index is 2.40. The molecule has 0 radical (unpaired) electrons. The number of aryl methyl sites for hydroxylation is 1. The van der Waals surface area contributed by atoms with Crippen molar-refractivity contribution in [1.29, 1.82) is 0 Å². The molecule has 116 valence electrons. The first-order chi connectivity index (χ1) is 10.4. The van der Waals surface area contributed by atoms with E-state index in [1.165, 1.54) is 0 Å². The van der Waals surface area contributed by atoms with Crippen LogP contribution >= 0.6 is 0 Å². The van der Waals surface area contributed by atoms with Gasteiger partial charge < -0.3 is 14.3 Å². The first-order valence-corrected chi connectivity index (χ1v) is 6.94. The molecule has 22 heavy (non-hydrogen) atoms. The molecule has 0 amide bonds. The molecule has 1 aromatic heterocycles. The molecule has 0 spiro atoms. The minimum Gasteiger partial charge on any atom is -0.489 e. The maximum absolute atomic E-state index is 12.0. The number of carboxylic acids is 1. The Labute approximate surface area is 127 Å². The van der Waals surface area contributed by atoms with E-state index in [1.54, 1.807) is 19.1 Å². The average Bonchev–Trinajstić information content (AvgIpc) is 2.44. The third-order valence-electron chi connectivity index (χ3n) is 3.33. The van der Waals surface area contributed by atoms with Crippen LogP contribution in [-0.2, 0) is 11.2 Å². The van der Waals surface area contributed by atoms with Crippen LogP contribution in [0.1, 0.15) is 24.5 Å². The molecule has 0 aliphatic heterocycles. The molecule has 0 aliphatic carbocycles. The van der Waals surface area contributed by atoms with Gasteiger partial charge in [0.05, 0.1) is 0 Å². The van der Waals surface area contributed by atoms with Gasteiger partial charge in [-0.1, -0.05) is 6.58 Å². The van der Waals surface area contributed by atoms with E-state index in [-0.39, 0.29) is 12.8 Å². The van der Waals surface area contributed by atoms with Crippen LogP contribution in [0.2, 0.25) is 0 Å². The van der Waals surface area contributed by atoms with Gasteiger partial charge >= 0.3 is 11.6 Å². The lowest BCUT2D eigenvalue weighted by Crippen LogP contribution is -2.12. The summed E-state index contributed by atoms with van der Waals surface area (Å²) in [7, 11) is 0. The Morgan fingerprint density at radius 2 is 2.14 bits per heavy atom. The van der Waals surface area contributed by atoms with Crippen LogP contribution < -0.4 is 10.4 Å². The Morgan fingerprint density at radius 3 is 2.77 bits per heavy atom. The number of ether oxygens (including phenoxy) is 1. The van der Waals surface area contributed by atoms with Crippen molar-refractivity contribution in [2.75, 3.05) is 6.61 Å². The fourth-order valence-electron chi connectivity index (χ4n) is 2.19. The molecule has 0 saturated carbocycles. The summed E-state index contributed by atoms with van der Waals surface area (Å²) in [4.78, 5) is 22.7. The number of carboxylic acid groups (broad SMARTS) is 1. The molecular formula is C17H18O5. The molecule has 0 saturated heterocycles. The van der Waals surface area contributed by atoms with Gasteiger partial charge in [-0.2, -0.15) is 0 Å². The lowest BCUT2D eigenvalue weighted by Gasteiger charge is -2.09. The number of benzene rings is 1. The van der Waals surface area contributed by atoms with Gasteiger partial charge in [-0.3, -0.25) is 4.79 Å². The summed E-state index contributed by atoms with van der Waals surface area (Å²) in [5.74, 6) is -0.348. The number of hydrogen-bond donors (Lipinski definition) is 1. The second kappa shape index (κ2) is 6.47. The van der Waals surface area contributed by atoms with Gasteiger partial charge in [-0.25, -0.2) is 4.79 Å². The fourth-order valence-corrected chi connectivity index (χ4v) is 2.19. The topological polar surface area (TPSA) is 76.7 Å². The van der Waals surface area contributed by atoms with E-state index in [1.807, 2.05) is 13.0 Å². The summed E-state index contributed by atoms with van der Waals surface area (Å²) < 4.78 is 10.8. The van der Waals surface area contributed by atoms with Crippen molar-refractivity contribution in [3.63, 3.8) is 0 Å². The largest absolute Gasteiger partial charge is 0.489 e. The third-order valence-corrected chi connectivity index (χ3v) is 3.33. The molecule has 0 aliphatic rings. The van der Waals surface area contributed by atoms with Crippen molar-refractivity contribution < 1.29 is 19.1 Å². The highest BCUT2D eigenvalue weighted by molar-refractivity contribution is 5.82. The Morgan fingerprint density at radius 1 is 1.41 bits per heavy atom. The Kier molecular flexibility index (Phi) is 4.65. The van der Waals surface area contributed by atoms with E-state index < -0.39 is 11.6 Å². The second-order valence-electron chi connectivity index (χ2n) is 5.29. The van der Waals surface area contributed by atoms with Crippen molar-refractivity contribution in [2.24, 2.45) is 0 Å². The van der Waals surface area contributed by atoms with E-state index in [4.69, 9.17) is 14.3 Å². The van der Waals surface area contributed by atoms with Crippen LogP contribution in [0.25, 0.3) is 11.0 Å². The van der Waals surface area contributed by atoms with E-state index in [0.717, 1.165) is 16.5 Å². The van der Waals surface area contributed by atoms with E-state index in [0.29, 0.717) is 23.5 Å². The van der Waals surface area contributed by atoms with Crippen LogP contribution in [0, 0.1) is 6.92 Å². The maximum Gasteiger partial charge on any atom is 0.339 e. The second-order valence-corrected chi connectivity index (χ2v) is 5.29. The van der Waals surface area contributed by atoms with Crippen LogP contribution in [0.5, 0.6) is 5.75 Å². The normalized spacial score (nSPS) is 10.6. The highest BCUT2D eigenvalue weighted by Gasteiger charge is 2.13. The number of fused-ring (bicyclic) bond motifs is 1. The van der Waals surface area contributed by atoms with Crippen LogP contribution in [0.4, 0.5) is 0 Å². The van der Waals surface area contributed by atoms with Crippen molar-refractivity contribution in [1.82, 2.24) is 0 Å². The number of aliphatic carboxylic acids is 1. The fraction of sp³-hybridized carbons (Fsp3) is 0.294. The lowest BCUT2D eigenvalue weighted by molar-refractivity contribution is -0.136. The van der Waals surface area contributed by atoms with Gasteiger partial charge in [0.15, 0.2) is 0 Å². The first-order valence-electron chi connectivity index (χ1n) is 6.94. The van der Waals surface area contributed by atoms with Gasteiger partial charge in [0, 0.05) is 23.4 Å². The summed E-state index contributed by atoms with van der Waals surface area (Å²) in [5.41, 5.74) is 1.98. The smallest absolute Gasteiger partial charge is 0.339 e. The molecule has 0 bridgehead atoms. The van der Waals surface area contributed by atoms with Crippen molar-refractivity contribution >= 4 is 16.9 Å². The van der Waals surface area contributed by atoms with Gasteiger partial charge in [-0.15, -0.1) is 0 Å². The molecule has 0 atom stereocenters. The highest BCUT2D eigenvalue weighted by atomic mass is 16.5. The molecule has 1 aromatic carbocycles. The summed E-state index contributed by atoms with van der Waals surface area (Å²) >= 11 is 0. The number of rotatable bonds is 6. The summed E-state index contributed by atoms with van der Waals surface area (Å²) in [5, 5.41) is 9.53. The molecule has 2 aromatic rings. The molecule has 0 fully saturated rings. The number of carbonyl (C=O) groups is 1. The molecule has 0 unspecified atom stereocenters. The monoisotopic (exact) mass is 302 g/mol. The molecule has 1 N–H and O–H groups in total. The van der Waals surface area contributed by atoms with Gasteiger partial charge in [-0.05, 0) is 43.5 Å². The zero-order valence-corrected chi connectivity index (χ0v) is 12.6. The van der Waals surface area contributed by atoms with Crippen molar-refractivity contribution in [3.8, 4) is 5.75 Å². The van der Waals surface area contributed by atoms with E-state index >= 15 is 0 Å². The quantitative estimate of drug-likeness (QED) is 0.655. The minimum atomic E-state index is -0.942. The van der Waals surface area contributed by atoms with Gasteiger partial charge in [0.1, 0.15) is 17.9 Å². The zero-order valence-electron chi connectivity index (χ0n) is 12.6. The van der Waals surface area contributed by atoms with E-state index in [2.05, 4.69) is 6.58 Å². The predicted molar refractivity (Wildman–Crippen MR) is 83.5 cm³/mol. The molecule has 2 rings (SSSR count). The third kappa shape index (κ3) is 3.55. The van der Waals surface area contributed by atoms with Crippen molar-refractivity contribution in [2.45, 2.75) is 26.7 Å². The van der Waals surface area contributed by atoms with Crippen LogP contribution in [0.15, 0.2) is 39.6 Å². The summed E-state index contributed by atoms with van der Waals surface area (Å²) in [6.45, 7) is 7.81. The number of hydrogen-bond acceptors (Lipinski definition) is 4. The maximum atomic E-state index is 12.0. The molecule has 5 nitrogen and oxygen atoms in total. The SMILES string of the molecule is C=C(C)COc1ccc2c(C)c(CCC(=O)O)c(=O)oc2c1. The van der Waals surface area contributed by atoms with Crippen molar-refractivity contribution in [3.05, 3.63) is 51.9 Å². The van der Waals surface area contributed by atoms with Gasteiger partial charge in [0.2, 0.25) is 0 Å². The first kappa shape index (κ1) is 15.8. The lowest BCUT2D eigenvalue weighted by atomic mass is 10.0. The zero-order chi connectivity index (χ0) is 16.3. The minimum absolute atomic E-state index is 0.100. The van der Waals surface area contributed by atoms with Gasteiger partial charge in [0.25, 0.3) is 0 Å². The molecular weight excluding hydrogens is 284 g/mol. The average molecular weight is 302 g/mol. The summed E-state index contributed by atoms with van der Waals surface area (Å²) in [6.07, 6.45) is 0.0598. The summed E-state index contributed by atoms with van der Waals surface area (Å²) in [6, 6.07) is 5.26. The highest BCUT2D eigenvalue weighted by Crippen LogP contribution is 2.24. The van der Waals surface area contributed by atoms with Crippen LogP contribution in [-0.4, -0.2) is 17.7 Å².